The second-order valence-electron chi connectivity index (χ2n) is 8.92. The second kappa shape index (κ2) is 5.04. The Morgan fingerprint density at radius 3 is 2.68 bits per heavy atom. The molecule has 0 spiro atoms. The molecule has 0 aromatic carbocycles. The molecule has 4 rings (SSSR count). The summed E-state index contributed by atoms with van der Waals surface area (Å²) in [6.07, 6.45) is 8.80. The minimum Gasteiger partial charge on any atom is -0.396 e. The third-order valence-corrected chi connectivity index (χ3v) is 8.45. The molecule has 0 aliphatic heterocycles. The Labute approximate surface area is 133 Å². The van der Waals surface area contributed by atoms with Crippen molar-refractivity contribution in [3.8, 4) is 0 Å². The van der Waals surface area contributed by atoms with Gasteiger partial charge in [0, 0.05) is 18.3 Å². The topological polar surface area (TPSA) is 57.5 Å². The summed E-state index contributed by atoms with van der Waals surface area (Å²) in [4.78, 5) is 11.9. The highest BCUT2D eigenvalue weighted by Crippen LogP contribution is 2.65. The molecule has 0 aromatic heterocycles. The van der Waals surface area contributed by atoms with Gasteiger partial charge in [0.25, 0.3) is 0 Å². The third-order valence-electron chi connectivity index (χ3n) is 8.45. The lowest BCUT2D eigenvalue weighted by molar-refractivity contribution is -0.150. The van der Waals surface area contributed by atoms with E-state index in [0.717, 1.165) is 44.9 Å². The maximum Gasteiger partial charge on any atom is 0.133 e. The highest BCUT2D eigenvalue weighted by atomic mass is 16.3. The first-order chi connectivity index (χ1) is 10.5. The van der Waals surface area contributed by atoms with E-state index in [2.05, 4.69) is 6.92 Å². The van der Waals surface area contributed by atoms with Crippen molar-refractivity contribution in [1.29, 1.82) is 0 Å². The molecule has 2 N–H and O–H groups in total. The van der Waals surface area contributed by atoms with Gasteiger partial charge in [0.05, 0.1) is 12.7 Å². The second-order valence-corrected chi connectivity index (χ2v) is 8.92. The van der Waals surface area contributed by atoms with Gasteiger partial charge in [-0.3, -0.25) is 4.79 Å². The normalized spacial score (nSPS) is 54.5. The Morgan fingerprint density at radius 1 is 1.09 bits per heavy atom. The Bertz CT molecular complexity index is 475. The van der Waals surface area contributed by atoms with E-state index in [1.165, 1.54) is 12.8 Å². The van der Waals surface area contributed by atoms with E-state index in [0.29, 0.717) is 34.9 Å². The van der Waals surface area contributed by atoms with Crippen LogP contribution in [0.1, 0.15) is 64.7 Å². The summed E-state index contributed by atoms with van der Waals surface area (Å²) in [5.41, 5.74) is 0.112. The molecular formula is C19H30O3. The average molecular weight is 306 g/mol. The van der Waals surface area contributed by atoms with Crippen LogP contribution in [0.4, 0.5) is 0 Å². The van der Waals surface area contributed by atoms with Gasteiger partial charge in [-0.1, -0.05) is 6.92 Å². The lowest BCUT2D eigenvalue weighted by Gasteiger charge is -2.60. The number of aliphatic hydroxyl groups is 2. The number of hydrogen-bond donors (Lipinski definition) is 2. The van der Waals surface area contributed by atoms with Gasteiger partial charge < -0.3 is 10.2 Å². The zero-order valence-electron chi connectivity index (χ0n) is 13.8. The van der Waals surface area contributed by atoms with Crippen molar-refractivity contribution in [3.05, 3.63) is 0 Å². The molecule has 3 heteroatoms. The van der Waals surface area contributed by atoms with Crippen LogP contribution < -0.4 is 0 Å². The molecule has 4 saturated carbocycles. The number of rotatable bonds is 1. The predicted molar refractivity (Wildman–Crippen MR) is 84.2 cm³/mol. The van der Waals surface area contributed by atoms with E-state index in [1.54, 1.807) is 0 Å². The molecule has 0 amide bonds. The van der Waals surface area contributed by atoms with Gasteiger partial charge in [0.2, 0.25) is 0 Å². The molecule has 0 aromatic rings. The van der Waals surface area contributed by atoms with Crippen molar-refractivity contribution in [2.45, 2.75) is 70.8 Å². The van der Waals surface area contributed by atoms with E-state index in [4.69, 9.17) is 0 Å². The van der Waals surface area contributed by atoms with Crippen LogP contribution in [0.2, 0.25) is 0 Å². The van der Waals surface area contributed by atoms with Crippen molar-refractivity contribution in [2.75, 3.05) is 6.61 Å². The van der Waals surface area contributed by atoms with Crippen LogP contribution in [-0.2, 0) is 4.79 Å². The quantitative estimate of drug-likeness (QED) is 0.783. The molecule has 7 atom stereocenters. The zero-order valence-corrected chi connectivity index (χ0v) is 13.8. The number of ketones is 1. The highest BCUT2D eigenvalue weighted by Gasteiger charge is 2.61. The van der Waals surface area contributed by atoms with Gasteiger partial charge in [-0.25, -0.2) is 0 Å². The van der Waals surface area contributed by atoms with Gasteiger partial charge in [-0.15, -0.1) is 0 Å². The summed E-state index contributed by atoms with van der Waals surface area (Å²) in [5, 5.41) is 20.5. The lowest BCUT2D eigenvalue weighted by Crippen LogP contribution is -2.55. The summed E-state index contributed by atoms with van der Waals surface area (Å²) in [6, 6.07) is 0. The minimum absolute atomic E-state index is 0.153. The van der Waals surface area contributed by atoms with Gasteiger partial charge in [-0.2, -0.15) is 0 Å². The van der Waals surface area contributed by atoms with Gasteiger partial charge >= 0.3 is 0 Å². The van der Waals surface area contributed by atoms with E-state index >= 15 is 0 Å². The number of Topliss-reactive ketones (excluding diaryl/α,β-unsaturated/α-hetero) is 1. The van der Waals surface area contributed by atoms with Crippen LogP contribution in [-0.4, -0.2) is 28.7 Å². The minimum atomic E-state index is -0.304. The molecule has 0 radical (unpaired) electrons. The number of carbonyl (C=O) groups excluding carboxylic acids is 1. The maximum atomic E-state index is 11.9. The van der Waals surface area contributed by atoms with Crippen molar-refractivity contribution < 1.29 is 15.0 Å². The van der Waals surface area contributed by atoms with Crippen LogP contribution in [0.5, 0.6) is 0 Å². The fraction of sp³-hybridized carbons (Fsp3) is 0.947. The summed E-state index contributed by atoms with van der Waals surface area (Å²) in [6.45, 7) is 2.60. The van der Waals surface area contributed by atoms with Crippen molar-refractivity contribution >= 4 is 5.78 Å². The first-order valence-electron chi connectivity index (χ1n) is 9.32. The van der Waals surface area contributed by atoms with Crippen LogP contribution in [0.15, 0.2) is 0 Å². The Morgan fingerprint density at radius 2 is 1.91 bits per heavy atom. The van der Waals surface area contributed by atoms with E-state index < -0.39 is 0 Å². The molecule has 0 bridgehead atoms. The van der Waals surface area contributed by atoms with E-state index in [-0.39, 0.29) is 18.1 Å². The average Bonchev–Trinajstić information content (AvgIpc) is 2.86. The maximum absolute atomic E-state index is 11.9. The molecule has 0 unspecified atom stereocenters. The molecule has 3 nitrogen and oxygen atoms in total. The largest absolute Gasteiger partial charge is 0.396 e. The number of aliphatic hydroxyl groups excluding tert-OH is 2. The Balaban J connectivity index is 1.64. The molecule has 22 heavy (non-hydrogen) atoms. The van der Waals surface area contributed by atoms with Crippen molar-refractivity contribution in [3.63, 3.8) is 0 Å². The number of hydrogen-bond acceptors (Lipinski definition) is 3. The number of carbonyl (C=O) groups is 1. The highest BCUT2D eigenvalue weighted by molar-refractivity contribution is 5.79. The van der Waals surface area contributed by atoms with Crippen LogP contribution >= 0.6 is 0 Å². The Hall–Kier alpha value is -0.410. The third kappa shape index (κ3) is 1.84. The Kier molecular flexibility index (Phi) is 3.47. The lowest BCUT2D eigenvalue weighted by atomic mass is 9.45. The molecule has 0 heterocycles. The van der Waals surface area contributed by atoms with Crippen molar-refractivity contribution in [1.82, 2.24) is 0 Å². The van der Waals surface area contributed by atoms with Crippen LogP contribution in [0.25, 0.3) is 0 Å². The molecule has 4 aliphatic rings. The smallest absolute Gasteiger partial charge is 0.133 e. The summed E-state index contributed by atoms with van der Waals surface area (Å²) >= 11 is 0. The SMILES string of the molecule is C[C@]12CCC(=O)C[C@@H]1CC[C@@H]1[C@@H]2CC[C@]2(CO)[C@@H](O)CC[C@@H]12. The first kappa shape index (κ1) is 15.1. The summed E-state index contributed by atoms with van der Waals surface area (Å²) in [5.74, 6) is 2.92. The molecule has 0 saturated heterocycles. The molecule has 4 aliphatic carbocycles. The van der Waals surface area contributed by atoms with Gasteiger partial charge in [-0.05, 0) is 74.0 Å². The first-order valence-corrected chi connectivity index (χ1v) is 9.32. The van der Waals surface area contributed by atoms with E-state index in [9.17, 15) is 15.0 Å². The van der Waals surface area contributed by atoms with Crippen LogP contribution in [0, 0.1) is 34.5 Å². The monoisotopic (exact) mass is 306 g/mol. The van der Waals surface area contributed by atoms with Crippen molar-refractivity contribution in [2.24, 2.45) is 34.5 Å². The molecule has 4 fully saturated rings. The predicted octanol–water partition coefficient (Wildman–Crippen LogP) is 2.93. The number of fused-ring (bicyclic) bond motifs is 5. The fourth-order valence-corrected chi connectivity index (χ4v) is 7.13. The molecular weight excluding hydrogens is 276 g/mol. The van der Waals surface area contributed by atoms with Crippen LogP contribution in [0.3, 0.4) is 0 Å². The van der Waals surface area contributed by atoms with Gasteiger partial charge in [0.1, 0.15) is 5.78 Å². The van der Waals surface area contributed by atoms with E-state index in [1.807, 2.05) is 0 Å². The molecule has 124 valence electrons. The standard InChI is InChI=1S/C19H30O3/c1-18-8-6-13(21)10-12(18)2-3-14-15(18)7-9-19(11-20)16(14)4-5-17(19)22/h12,14-17,20,22H,2-11H2,1H3/t12-,14+,15-,16-,17-,18-,19+/m0/s1. The summed E-state index contributed by atoms with van der Waals surface area (Å²) < 4.78 is 0. The summed E-state index contributed by atoms with van der Waals surface area (Å²) in [7, 11) is 0. The fourth-order valence-electron chi connectivity index (χ4n) is 7.13. The van der Waals surface area contributed by atoms with Gasteiger partial charge in [0.15, 0.2) is 0 Å². The zero-order chi connectivity index (χ0) is 15.5.